The first-order valence-electron chi connectivity index (χ1n) is 3.94. The zero-order valence-corrected chi connectivity index (χ0v) is 8.88. The molecule has 0 saturated heterocycles. The summed E-state index contributed by atoms with van der Waals surface area (Å²) in [6.07, 6.45) is 0. The molecule has 0 saturated carbocycles. The van der Waals surface area contributed by atoms with Crippen LogP contribution in [0.4, 0.5) is 11.4 Å². The fourth-order valence-electron chi connectivity index (χ4n) is 1.05. The van der Waals surface area contributed by atoms with Crippen molar-refractivity contribution in [2.75, 3.05) is 25.6 Å². The summed E-state index contributed by atoms with van der Waals surface area (Å²) in [6, 6.07) is 4.62. The van der Waals surface area contributed by atoms with Crippen LogP contribution in [0, 0.1) is 0 Å². The van der Waals surface area contributed by atoms with Crippen LogP contribution < -0.4 is 11.5 Å². The second-order valence-electron chi connectivity index (χ2n) is 3.05. The van der Waals surface area contributed by atoms with E-state index >= 15 is 0 Å². The number of hydrogen-bond donors (Lipinski definition) is 2. The number of sulfonamides is 1. The molecule has 0 aliphatic carbocycles. The molecule has 0 unspecified atom stereocenters. The Morgan fingerprint density at radius 1 is 1.14 bits per heavy atom. The Morgan fingerprint density at radius 3 is 1.93 bits per heavy atom. The van der Waals surface area contributed by atoms with Crippen LogP contribution >= 0.6 is 0 Å². The molecule has 1 aromatic carbocycles. The maximum absolute atomic E-state index is 11.7. The molecule has 78 valence electrons. The maximum atomic E-state index is 11.7. The third-order valence-electron chi connectivity index (χ3n) is 1.81. The topological polar surface area (TPSA) is 89.4 Å². The molecule has 0 aliphatic heterocycles. The minimum atomic E-state index is -3.55. The number of nitrogens with zero attached hydrogens (tertiary/aromatic N) is 1. The molecular formula is C8H13N3O2S. The molecular weight excluding hydrogens is 202 g/mol. The van der Waals surface area contributed by atoms with Crippen LogP contribution in [0.15, 0.2) is 23.1 Å². The van der Waals surface area contributed by atoms with Gasteiger partial charge in [-0.2, -0.15) is 0 Å². The van der Waals surface area contributed by atoms with Gasteiger partial charge in [-0.3, -0.25) is 0 Å². The van der Waals surface area contributed by atoms with Crippen LogP contribution in [0.2, 0.25) is 0 Å². The minimum Gasteiger partial charge on any atom is -0.398 e. The monoisotopic (exact) mass is 215 g/mol. The number of benzene rings is 1. The number of rotatable bonds is 2. The zero-order chi connectivity index (χ0) is 10.9. The van der Waals surface area contributed by atoms with Crippen LogP contribution in [-0.4, -0.2) is 26.8 Å². The summed E-state index contributed by atoms with van der Waals surface area (Å²) in [5.41, 5.74) is 11.4. The molecule has 0 aliphatic rings. The molecule has 0 atom stereocenters. The Labute approximate surface area is 83.4 Å². The first-order valence-corrected chi connectivity index (χ1v) is 5.38. The summed E-state index contributed by atoms with van der Waals surface area (Å²) < 4.78 is 24.6. The molecule has 5 nitrogen and oxygen atoms in total. The van der Waals surface area contributed by atoms with Crippen molar-refractivity contribution in [3.05, 3.63) is 18.2 Å². The van der Waals surface area contributed by atoms with E-state index in [0.717, 1.165) is 4.31 Å². The van der Waals surface area contributed by atoms with Gasteiger partial charge in [0.25, 0.3) is 0 Å². The molecule has 14 heavy (non-hydrogen) atoms. The second kappa shape index (κ2) is 3.47. The molecule has 0 aromatic heterocycles. The summed E-state index contributed by atoms with van der Waals surface area (Å²) in [6.45, 7) is 0. The van der Waals surface area contributed by atoms with E-state index in [1.807, 2.05) is 0 Å². The minimum absolute atomic E-state index is 0.0231. The number of nitrogens with two attached hydrogens (primary N) is 2. The quantitative estimate of drug-likeness (QED) is 0.685. The predicted octanol–water partition coefficient (Wildman–Crippen LogP) is 0.101. The van der Waals surface area contributed by atoms with E-state index in [1.54, 1.807) is 6.07 Å². The van der Waals surface area contributed by atoms with Gasteiger partial charge in [-0.1, -0.05) is 6.07 Å². The lowest BCUT2D eigenvalue weighted by molar-refractivity contribution is 0.521. The highest BCUT2D eigenvalue weighted by atomic mass is 32.2. The molecule has 4 N–H and O–H groups in total. The molecule has 0 amide bonds. The maximum Gasteiger partial charge on any atom is 0.246 e. The van der Waals surface area contributed by atoms with E-state index in [9.17, 15) is 8.42 Å². The average Bonchev–Trinajstić information content (AvgIpc) is 2.02. The van der Waals surface area contributed by atoms with Crippen molar-refractivity contribution in [2.24, 2.45) is 0 Å². The van der Waals surface area contributed by atoms with E-state index in [-0.39, 0.29) is 16.3 Å². The van der Waals surface area contributed by atoms with Gasteiger partial charge >= 0.3 is 0 Å². The number of hydrogen-bond acceptors (Lipinski definition) is 4. The Hall–Kier alpha value is -1.27. The van der Waals surface area contributed by atoms with Gasteiger partial charge in [-0.25, -0.2) is 12.7 Å². The van der Waals surface area contributed by atoms with Gasteiger partial charge < -0.3 is 11.5 Å². The molecule has 0 spiro atoms. The Bertz CT molecular complexity index is 420. The van der Waals surface area contributed by atoms with Crippen molar-refractivity contribution in [1.29, 1.82) is 0 Å². The molecule has 6 heteroatoms. The third-order valence-corrected chi connectivity index (χ3v) is 3.76. The van der Waals surface area contributed by atoms with Crippen LogP contribution in [0.5, 0.6) is 0 Å². The third kappa shape index (κ3) is 1.66. The van der Waals surface area contributed by atoms with Crippen LogP contribution in [-0.2, 0) is 10.0 Å². The number of nitrogen functional groups attached to an aromatic ring is 2. The van der Waals surface area contributed by atoms with Crippen LogP contribution in [0.25, 0.3) is 0 Å². The van der Waals surface area contributed by atoms with E-state index in [0.29, 0.717) is 0 Å². The fraction of sp³-hybridized carbons (Fsp3) is 0.250. The summed E-state index contributed by atoms with van der Waals surface area (Å²) in [4.78, 5) is -0.0231. The van der Waals surface area contributed by atoms with Gasteiger partial charge in [0.1, 0.15) is 4.90 Å². The second-order valence-corrected chi connectivity index (χ2v) is 5.14. The van der Waals surface area contributed by atoms with Crippen molar-refractivity contribution >= 4 is 21.4 Å². The van der Waals surface area contributed by atoms with Gasteiger partial charge in [0.05, 0.1) is 11.4 Å². The summed E-state index contributed by atoms with van der Waals surface area (Å²) >= 11 is 0. The lowest BCUT2D eigenvalue weighted by atomic mass is 10.3. The van der Waals surface area contributed by atoms with E-state index in [4.69, 9.17) is 11.5 Å². The average molecular weight is 215 g/mol. The Morgan fingerprint density at radius 2 is 1.57 bits per heavy atom. The van der Waals surface area contributed by atoms with Crippen LogP contribution in [0.3, 0.4) is 0 Å². The highest BCUT2D eigenvalue weighted by Gasteiger charge is 2.22. The first kappa shape index (κ1) is 10.8. The molecule has 0 bridgehead atoms. The zero-order valence-electron chi connectivity index (χ0n) is 8.06. The van der Waals surface area contributed by atoms with Crippen molar-refractivity contribution in [3.63, 3.8) is 0 Å². The van der Waals surface area contributed by atoms with Gasteiger partial charge in [0.2, 0.25) is 10.0 Å². The molecule has 0 fully saturated rings. The van der Waals surface area contributed by atoms with E-state index in [2.05, 4.69) is 0 Å². The van der Waals surface area contributed by atoms with Crippen molar-refractivity contribution < 1.29 is 8.42 Å². The summed E-state index contributed by atoms with van der Waals surface area (Å²) in [5.74, 6) is 0. The Kier molecular flexibility index (Phi) is 2.68. The smallest absolute Gasteiger partial charge is 0.246 e. The standard InChI is InChI=1S/C8H13N3O2S/c1-11(2)14(12,13)8-6(9)4-3-5-7(8)10/h3-5H,9-10H2,1-2H3. The highest BCUT2D eigenvalue weighted by Crippen LogP contribution is 2.26. The molecule has 1 aromatic rings. The largest absolute Gasteiger partial charge is 0.398 e. The number of anilines is 2. The predicted molar refractivity (Wildman–Crippen MR) is 56.1 cm³/mol. The van der Waals surface area contributed by atoms with Gasteiger partial charge in [0, 0.05) is 14.1 Å². The van der Waals surface area contributed by atoms with Gasteiger partial charge in [0.15, 0.2) is 0 Å². The van der Waals surface area contributed by atoms with Gasteiger partial charge in [-0.05, 0) is 12.1 Å². The SMILES string of the molecule is CN(C)S(=O)(=O)c1c(N)cccc1N. The van der Waals surface area contributed by atoms with E-state index in [1.165, 1.54) is 26.2 Å². The van der Waals surface area contributed by atoms with E-state index < -0.39 is 10.0 Å². The summed E-state index contributed by atoms with van der Waals surface area (Å²) in [7, 11) is -0.691. The fourth-order valence-corrected chi connectivity index (χ4v) is 2.15. The molecule has 1 rings (SSSR count). The molecule has 0 radical (unpaired) electrons. The normalized spacial score (nSPS) is 11.9. The summed E-state index contributed by atoms with van der Waals surface area (Å²) in [5, 5.41) is 0. The van der Waals surface area contributed by atoms with Crippen molar-refractivity contribution in [1.82, 2.24) is 4.31 Å². The Balaban J connectivity index is 3.48. The first-order chi connectivity index (χ1) is 6.37. The van der Waals surface area contributed by atoms with Crippen LogP contribution in [0.1, 0.15) is 0 Å². The van der Waals surface area contributed by atoms with Gasteiger partial charge in [-0.15, -0.1) is 0 Å². The lowest BCUT2D eigenvalue weighted by Gasteiger charge is -2.14. The lowest BCUT2D eigenvalue weighted by Crippen LogP contribution is -2.24. The molecule has 0 heterocycles. The highest BCUT2D eigenvalue weighted by molar-refractivity contribution is 7.89. The van der Waals surface area contributed by atoms with Crippen molar-refractivity contribution in [3.8, 4) is 0 Å². The van der Waals surface area contributed by atoms with Crippen molar-refractivity contribution in [2.45, 2.75) is 4.90 Å².